The van der Waals surface area contributed by atoms with Gasteiger partial charge < -0.3 is 15.4 Å². The molecular formula is C21H25FIN3O. The fourth-order valence-corrected chi connectivity index (χ4v) is 3.60. The molecule has 2 aliphatic rings. The quantitative estimate of drug-likeness (QED) is 0.387. The van der Waals surface area contributed by atoms with E-state index in [-0.39, 0.29) is 47.8 Å². The molecule has 1 saturated carbocycles. The normalized spacial score (nSPS) is 23.5. The van der Waals surface area contributed by atoms with Gasteiger partial charge in [-0.15, -0.1) is 24.0 Å². The van der Waals surface area contributed by atoms with Gasteiger partial charge in [0.25, 0.3) is 0 Å². The van der Waals surface area contributed by atoms with Crippen LogP contribution in [0.3, 0.4) is 0 Å². The molecule has 0 radical (unpaired) electrons. The predicted molar refractivity (Wildman–Crippen MR) is 117 cm³/mol. The molecule has 27 heavy (non-hydrogen) atoms. The molecule has 3 unspecified atom stereocenters. The van der Waals surface area contributed by atoms with E-state index < -0.39 is 0 Å². The van der Waals surface area contributed by atoms with E-state index >= 15 is 0 Å². The van der Waals surface area contributed by atoms with E-state index in [2.05, 4.69) is 21.7 Å². The summed E-state index contributed by atoms with van der Waals surface area (Å²) in [5.74, 6) is 1.81. The monoisotopic (exact) mass is 481 g/mol. The molecule has 1 heterocycles. The lowest BCUT2D eigenvalue weighted by atomic mass is 10.0. The number of aliphatic imine (C=N–C) groups is 1. The molecule has 0 amide bonds. The summed E-state index contributed by atoms with van der Waals surface area (Å²) in [4.78, 5) is 4.58. The highest BCUT2D eigenvalue weighted by Crippen LogP contribution is 2.42. The van der Waals surface area contributed by atoms with Gasteiger partial charge in [0, 0.05) is 30.5 Å². The first-order valence-corrected chi connectivity index (χ1v) is 9.30. The molecule has 4 rings (SSSR count). The average molecular weight is 481 g/mol. The van der Waals surface area contributed by atoms with Gasteiger partial charge in [0.1, 0.15) is 11.6 Å². The van der Waals surface area contributed by atoms with E-state index in [1.165, 1.54) is 6.07 Å². The van der Waals surface area contributed by atoms with Crippen molar-refractivity contribution in [3.63, 3.8) is 0 Å². The summed E-state index contributed by atoms with van der Waals surface area (Å²) in [5.41, 5.74) is 1.95. The highest BCUT2D eigenvalue weighted by Gasteiger charge is 2.40. The van der Waals surface area contributed by atoms with Gasteiger partial charge in [-0.25, -0.2) is 4.39 Å². The molecule has 6 heteroatoms. The van der Waals surface area contributed by atoms with Crippen LogP contribution in [0.2, 0.25) is 0 Å². The Morgan fingerprint density at radius 2 is 1.85 bits per heavy atom. The molecule has 1 fully saturated rings. The number of fused-ring (bicyclic) bond motifs is 1. The van der Waals surface area contributed by atoms with Crippen molar-refractivity contribution in [1.29, 1.82) is 0 Å². The number of nitrogens with one attached hydrogen (secondary N) is 2. The van der Waals surface area contributed by atoms with Gasteiger partial charge in [0.15, 0.2) is 5.96 Å². The third-order valence-corrected chi connectivity index (χ3v) is 5.00. The van der Waals surface area contributed by atoms with Crippen LogP contribution in [0.25, 0.3) is 0 Å². The zero-order chi connectivity index (χ0) is 17.9. The van der Waals surface area contributed by atoms with Gasteiger partial charge in [-0.05, 0) is 31.0 Å². The second-order valence-electron chi connectivity index (χ2n) is 6.81. The van der Waals surface area contributed by atoms with Gasteiger partial charge in [-0.1, -0.05) is 36.4 Å². The standard InChI is InChI=1S/C21H24FN3O.HI/c1-2-23-21(24-18-11-12-26-20-10-6-4-8-15(18)20)25-19-13-16(19)14-7-3-5-9-17(14)22;/h3-10,16,18-19H,2,11-13H2,1H3,(H2,23,24,25);1H. The van der Waals surface area contributed by atoms with Gasteiger partial charge in [0.05, 0.1) is 12.6 Å². The Labute approximate surface area is 176 Å². The summed E-state index contributed by atoms with van der Waals surface area (Å²) in [6.45, 7) is 3.40. The van der Waals surface area contributed by atoms with Crippen molar-refractivity contribution < 1.29 is 9.13 Å². The minimum absolute atomic E-state index is 0. The molecule has 3 atom stereocenters. The lowest BCUT2D eigenvalue weighted by Gasteiger charge is -2.28. The van der Waals surface area contributed by atoms with Crippen molar-refractivity contribution in [2.24, 2.45) is 4.99 Å². The molecule has 2 N–H and O–H groups in total. The van der Waals surface area contributed by atoms with Gasteiger partial charge in [0.2, 0.25) is 0 Å². The molecule has 144 valence electrons. The van der Waals surface area contributed by atoms with E-state index in [4.69, 9.17) is 4.74 Å². The van der Waals surface area contributed by atoms with Gasteiger partial charge in [-0.2, -0.15) is 0 Å². The summed E-state index contributed by atoms with van der Waals surface area (Å²) < 4.78 is 19.7. The maximum Gasteiger partial charge on any atom is 0.191 e. The van der Waals surface area contributed by atoms with Gasteiger partial charge >= 0.3 is 0 Å². The molecule has 0 saturated heterocycles. The molecule has 4 nitrogen and oxygen atoms in total. The van der Waals surface area contributed by atoms with Crippen LogP contribution in [0.1, 0.15) is 42.9 Å². The molecule has 0 bridgehead atoms. The second-order valence-corrected chi connectivity index (χ2v) is 6.81. The maximum atomic E-state index is 14.0. The van der Waals surface area contributed by atoms with E-state index in [9.17, 15) is 4.39 Å². The summed E-state index contributed by atoms with van der Waals surface area (Å²) in [5, 5.41) is 7.01. The fraction of sp³-hybridized carbons (Fsp3) is 0.381. The van der Waals surface area contributed by atoms with Crippen molar-refractivity contribution in [2.45, 2.75) is 37.8 Å². The highest BCUT2D eigenvalue weighted by atomic mass is 127. The molecule has 0 spiro atoms. The topological polar surface area (TPSA) is 45.7 Å². The zero-order valence-electron chi connectivity index (χ0n) is 15.3. The van der Waals surface area contributed by atoms with Crippen molar-refractivity contribution >= 4 is 29.9 Å². The van der Waals surface area contributed by atoms with Crippen LogP contribution >= 0.6 is 24.0 Å². The molecule has 2 aromatic carbocycles. The highest BCUT2D eigenvalue weighted by molar-refractivity contribution is 14.0. The number of ether oxygens (including phenoxy) is 1. The van der Waals surface area contributed by atoms with Crippen LogP contribution in [0, 0.1) is 5.82 Å². The lowest BCUT2D eigenvalue weighted by Crippen LogP contribution is -2.42. The minimum atomic E-state index is -0.123. The number of hydrogen-bond donors (Lipinski definition) is 2. The minimum Gasteiger partial charge on any atom is -0.493 e. The first-order chi connectivity index (χ1) is 12.8. The SMILES string of the molecule is CCN=C(NC1CCOc2ccccc21)NC1CC1c1ccccc1F.I. The van der Waals surface area contributed by atoms with Crippen molar-refractivity contribution in [3.8, 4) is 5.75 Å². The predicted octanol–water partition coefficient (Wildman–Crippen LogP) is 4.38. The fourth-order valence-electron chi connectivity index (χ4n) is 3.60. The van der Waals surface area contributed by atoms with E-state index in [1.807, 2.05) is 37.3 Å². The van der Waals surface area contributed by atoms with Crippen molar-refractivity contribution in [2.75, 3.05) is 13.2 Å². The summed E-state index contributed by atoms with van der Waals surface area (Å²) >= 11 is 0. The number of hydrogen-bond acceptors (Lipinski definition) is 2. The Bertz CT molecular complexity index is 814. The second kappa shape index (κ2) is 8.91. The molecular weight excluding hydrogens is 456 g/mol. The van der Waals surface area contributed by atoms with Crippen LogP contribution in [-0.4, -0.2) is 25.2 Å². The number of rotatable bonds is 4. The van der Waals surface area contributed by atoms with Crippen molar-refractivity contribution in [3.05, 3.63) is 65.5 Å². The summed E-state index contributed by atoms with van der Waals surface area (Å²) in [7, 11) is 0. The molecule has 1 aliphatic heterocycles. The van der Waals surface area contributed by atoms with Gasteiger partial charge in [-0.3, -0.25) is 4.99 Å². The summed E-state index contributed by atoms with van der Waals surface area (Å²) in [6, 6.07) is 15.5. The third-order valence-electron chi connectivity index (χ3n) is 5.00. The Morgan fingerprint density at radius 3 is 2.63 bits per heavy atom. The average Bonchev–Trinajstić information content (AvgIpc) is 3.41. The third kappa shape index (κ3) is 4.54. The number of para-hydroxylation sites is 1. The Kier molecular flexibility index (Phi) is 6.57. The molecule has 0 aromatic heterocycles. The largest absolute Gasteiger partial charge is 0.493 e. The van der Waals surface area contributed by atoms with Crippen LogP contribution in [0.4, 0.5) is 4.39 Å². The van der Waals surface area contributed by atoms with E-state index in [0.29, 0.717) is 13.2 Å². The molecule has 1 aliphatic carbocycles. The van der Waals surface area contributed by atoms with Crippen LogP contribution in [-0.2, 0) is 0 Å². The van der Waals surface area contributed by atoms with Crippen LogP contribution < -0.4 is 15.4 Å². The zero-order valence-corrected chi connectivity index (χ0v) is 17.7. The van der Waals surface area contributed by atoms with E-state index in [0.717, 1.165) is 35.7 Å². The Hall–Kier alpha value is -1.83. The smallest absolute Gasteiger partial charge is 0.191 e. The van der Waals surface area contributed by atoms with E-state index in [1.54, 1.807) is 6.07 Å². The number of halogens is 2. The first kappa shape index (κ1) is 19.9. The lowest BCUT2D eigenvalue weighted by molar-refractivity contribution is 0.261. The van der Waals surface area contributed by atoms with Crippen LogP contribution in [0.15, 0.2) is 53.5 Å². The number of guanidine groups is 1. The first-order valence-electron chi connectivity index (χ1n) is 9.30. The van der Waals surface area contributed by atoms with Crippen molar-refractivity contribution in [1.82, 2.24) is 10.6 Å². The number of nitrogens with zero attached hydrogens (tertiary/aromatic N) is 1. The Balaban J connectivity index is 0.00000210. The molecule has 2 aromatic rings. The number of benzene rings is 2. The van der Waals surface area contributed by atoms with Crippen LogP contribution in [0.5, 0.6) is 5.75 Å². The summed E-state index contributed by atoms with van der Waals surface area (Å²) in [6.07, 6.45) is 1.82. The maximum absolute atomic E-state index is 14.0. The Morgan fingerprint density at radius 1 is 1.11 bits per heavy atom.